The third-order valence-corrected chi connectivity index (χ3v) is 5.21. The summed E-state index contributed by atoms with van der Waals surface area (Å²) in [6.45, 7) is 1.71. The number of halogens is 1. The maximum absolute atomic E-state index is 12.9. The number of hydrogen-bond acceptors (Lipinski definition) is 7. The van der Waals surface area contributed by atoms with Crippen LogP contribution in [0.4, 0.5) is 0 Å². The van der Waals surface area contributed by atoms with Gasteiger partial charge in [-0.3, -0.25) is 4.79 Å². The minimum Gasteiger partial charge on any atom is -0.465 e. The SMILES string of the molecule is CCOC(=O)C12C(N)=NC(=C(C#N)C#N)C1(C#N)C2c1ccccc1Cl. The lowest BCUT2D eigenvalue weighted by atomic mass is 9.91. The first-order chi connectivity index (χ1) is 12.5. The molecule has 0 aromatic heterocycles. The molecule has 128 valence electrons. The van der Waals surface area contributed by atoms with E-state index in [9.17, 15) is 20.6 Å². The highest BCUT2D eigenvalue weighted by atomic mass is 35.5. The van der Waals surface area contributed by atoms with E-state index >= 15 is 0 Å². The second-order valence-corrected chi connectivity index (χ2v) is 6.25. The molecule has 8 heteroatoms. The van der Waals surface area contributed by atoms with Crippen LogP contribution in [0.15, 0.2) is 40.5 Å². The number of nitrogens with two attached hydrogens (primary N) is 1. The number of nitriles is 3. The number of aliphatic imine (C=N–C) groups is 1. The number of ether oxygens (including phenoxy) is 1. The van der Waals surface area contributed by atoms with Gasteiger partial charge in [-0.2, -0.15) is 15.8 Å². The van der Waals surface area contributed by atoms with Crippen LogP contribution < -0.4 is 5.73 Å². The summed E-state index contributed by atoms with van der Waals surface area (Å²) in [6.07, 6.45) is 0. The van der Waals surface area contributed by atoms with Gasteiger partial charge in [0.25, 0.3) is 0 Å². The summed E-state index contributed by atoms with van der Waals surface area (Å²) in [5, 5.41) is 28.9. The van der Waals surface area contributed by atoms with Crippen LogP contribution in [0.2, 0.25) is 5.02 Å². The van der Waals surface area contributed by atoms with Crippen LogP contribution >= 0.6 is 11.6 Å². The minimum absolute atomic E-state index is 0.0764. The van der Waals surface area contributed by atoms with E-state index in [2.05, 4.69) is 11.1 Å². The monoisotopic (exact) mass is 365 g/mol. The number of amidine groups is 1. The topological polar surface area (TPSA) is 136 Å². The smallest absolute Gasteiger partial charge is 0.322 e. The molecule has 0 amide bonds. The van der Waals surface area contributed by atoms with Gasteiger partial charge in [0.2, 0.25) is 0 Å². The van der Waals surface area contributed by atoms with Gasteiger partial charge in [-0.25, -0.2) is 4.99 Å². The molecule has 1 fully saturated rings. The maximum atomic E-state index is 12.9. The normalized spacial score (nSPS) is 28.0. The number of rotatable bonds is 3. The average molecular weight is 366 g/mol. The molecule has 2 aliphatic rings. The Morgan fingerprint density at radius 1 is 1.35 bits per heavy atom. The van der Waals surface area contributed by atoms with E-state index in [4.69, 9.17) is 22.1 Å². The van der Waals surface area contributed by atoms with Crippen LogP contribution in [0.5, 0.6) is 0 Å². The van der Waals surface area contributed by atoms with E-state index in [-0.39, 0.29) is 23.7 Å². The van der Waals surface area contributed by atoms with E-state index in [1.807, 2.05) is 0 Å². The van der Waals surface area contributed by atoms with Crippen LogP contribution in [0.1, 0.15) is 18.4 Å². The van der Waals surface area contributed by atoms with E-state index < -0.39 is 22.7 Å². The number of esters is 1. The van der Waals surface area contributed by atoms with E-state index in [1.54, 1.807) is 43.3 Å². The number of nitrogens with zero attached hydrogens (tertiary/aromatic N) is 4. The second kappa shape index (κ2) is 5.88. The fourth-order valence-electron chi connectivity index (χ4n) is 3.84. The largest absolute Gasteiger partial charge is 0.465 e. The molecule has 3 unspecified atom stereocenters. The third-order valence-electron chi connectivity index (χ3n) is 4.86. The predicted octanol–water partition coefficient (Wildman–Crippen LogP) is 2.17. The molecule has 1 aromatic carbocycles. The number of carbonyl (C=O) groups excluding carboxylic acids is 1. The molecule has 0 saturated heterocycles. The van der Waals surface area contributed by atoms with Crippen molar-refractivity contribution < 1.29 is 9.53 Å². The van der Waals surface area contributed by atoms with Crippen LogP contribution in [0, 0.1) is 44.8 Å². The van der Waals surface area contributed by atoms with Gasteiger partial charge in [-0.1, -0.05) is 29.8 Å². The molecule has 1 aliphatic carbocycles. The van der Waals surface area contributed by atoms with Gasteiger partial charge in [-0.15, -0.1) is 0 Å². The Morgan fingerprint density at radius 2 is 2.00 bits per heavy atom. The quantitative estimate of drug-likeness (QED) is 0.643. The first kappa shape index (κ1) is 17.5. The molecule has 0 radical (unpaired) electrons. The number of hydrogen-bond donors (Lipinski definition) is 1. The Morgan fingerprint density at radius 3 is 2.54 bits per heavy atom. The van der Waals surface area contributed by atoms with Gasteiger partial charge in [0, 0.05) is 10.9 Å². The Balaban J connectivity index is 2.36. The molecule has 26 heavy (non-hydrogen) atoms. The van der Waals surface area contributed by atoms with Crippen molar-refractivity contribution in [2.75, 3.05) is 6.61 Å². The first-order valence-electron chi connectivity index (χ1n) is 7.69. The lowest BCUT2D eigenvalue weighted by Gasteiger charge is -2.14. The molecule has 3 rings (SSSR count). The molecule has 1 saturated carbocycles. The number of carbonyl (C=O) groups is 1. The standard InChI is InChI=1S/C18H12ClN5O2/c1-2-26-16(25)18-13(11-5-3-4-6-12(11)19)17(18,9-22)14(24-15(18)23)10(7-20)8-21/h3-6,13H,2H2,1H3,(H2,23,24). The minimum atomic E-state index is -1.60. The molecule has 3 atom stereocenters. The molecule has 1 aromatic rings. The predicted molar refractivity (Wildman–Crippen MR) is 91.2 cm³/mol. The van der Waals surface area contributed by atoms with Gasteiger partial charge in [0.1, 0.15) is 23.4 Å². The average Bonchev–Trinajstić information content (AvgIpc) is 3.18. The molecule has 0 spiro atoms. The second-order valence-electron chi connectivity index (χ2n) is 5.85. The first-order valence-corrected chi connectivity index (χ1v) is 8.07. The van der Waals surface area contributed by atoms with Gasteiger partial charge in [-0.05, 0) is 18.6 Å². The molecular formula is C18H12ClN5O2. The Hall–Kier alpha value is -3.34. The van der Waals surface area contributed by atoms with Crippen LogP contribution in [0.25, 0.3) is 0 Å². The van der Waals surface area contributed by atoms with Crippen LogP contribution in [0.3, 0.4) is 0 Å². The van der Waals surface area contributed by atoms with Crippen molar-refractivity contribution in [1.29, 1.82) is 15.8 Å². The maximum Gasteiger partial charge on any atom is 0.322 e. The summed E-state index contributed by atoms with van der Waals surface area (Å²) >= 11 is 6.29. The summed E-state index contributed by atoms with van der Waals surface area (Å²) in [5.41, 5.74) is 2.89. The summed E-state index contributed by atoms with van der Waals surface area (Å²) < 4.78 is 5.17. The van der Waals surface area contributed by atoms with E-state index in [0.29, 0.717) is 10.6 Å². The van der Waals surface area contributed by atoms with Crippen molar-refractivity contribution in [2.24, 2.45) is 21.6 Å². The zero-order valence-corrected chi connectivity index (χ0v) is 14.4. The van der Waals surface area contributed by atoms with Gasteiger partial charge < -0.3 is 10.5 Å². The third kappa shape index (κ3) is 1.80. The Bertz CT molecular complexity index is 994. The fraction of sp³-hybridized carbons (Fsp3) is 0.278. The highest BCUT2D eigenvalue weighted by Gasteiger charge is 2.90. The highest BCUT2D eigenvalue weighted by molar-refractivity contribution is 6.32. The summed E-state index contributed by atoms with van der Waals surface area (Å²) in [5.74, 6) is -1.67. The zero-order valence-electron chi connectivity index (χ0n) is 13.7. The van der Waals surface area contributed by atoms with Crippen LogP contribution in [-0.2, 0) is 9.53 Å². The van der Waals surface area contributed by atoms with Crippen molar-refractivity contribution in [2.45, 2.75) is 12.8 Å². The summed E-state index contributed by atoms with van der Waals surface area (Å²) in [6, 6.07) is 12.3. The van der Waals surface area contributed by atoms with Crippen molar-refractivity contribution in [3.63, 3.8) is 0 Å². The van der Waals surface area contributed by atoms with E-state index in [0.717, 1.165) is 0 Å². The Kier molecular flexibility index (Phi) is 3.95. The van der Waals surface area contributed by atoms with E-state index in [1.165, 1.54) is 0 Å². The van der Waals surface area contributed by atoms with Crippen LogP contribution in [-0.4, -0.2) is 18.4 Å². The zero-order chi connectivity index (χ0) is 19.1. The molecule has 1 heterocycles. The van der Waals surface area contributed by atoms with Gasteiger partial charge in [0.15, 0.2) is 11.0 Å². The lowest BCUT2D eigenvalue weighted by Crippen LogP contribution is -2.36. The van der Waals surface area contributed by atoms with Gasteiger partial charge >= 0.3 is 5.97 Å². The number of allylic oxidation sites excluding steroid dienone is 2. The molecule has 0 bridgehead atoms. The molecular weight excluding hydrogens is 354 g/mol. The molecule has 2 N–H and O–H groups in total. The Labute approximate surface area is 154 Å². The summed E-state index contributed by atoms with van der Waals surface area (Å²) in [4.78, 5) is 16.9. The number of benzene rings is 1. The van der Waals surface area contributed by atoms with Crippen molar-refractivity contribution in [3.05, 3.63) is 46.1 Å². The van der Waals surface area contributed by atoms with Crippen molar-refractivity contribution >= 4 is 23.4 Å². The highest BCUT2D eigenvalue weighted by Crippen LogP contribution is 2.81. The summed E-state index contributed by atoms with van der Waals surface area (Å²) in [7, 11) is 0. The fourth-order valence-corrected chi connectivity index (χ4v) is 4.08. The lowest BCUT2D eigenvalue weighted by molar-refractivity contribution is -0.147. The number of fused-ring (bicyclic) bond motifs is 1. The van der Waals surface area contributed by atoms with Crippen molar-refractivity contribution in [3.8, 4) is 18.2 Å². The van der Waals surface area contributed by atoms with Crippen molar-refractivity contribution in [1.82, 2.24) is 0 Å². The van der Waals surface area contributed by atoms with Gasteiger partial charge in [0.05, 0.1) is 18.4 Å². The molecule has 1 aliphatic heterocycles. The molecule has 7 nitrogen and oxygen atoms in total.